The Morgan fingerprint density at radius 2 is 1.91 bits per heavy atom. The number of hydrogen-bond donors (Lipinski definition) is 1. The molecule has 0 spiro atoms. The first-order chi connectivity index (χ1) is 16.3. The molecule has 0 aliphatic carbocycles. The Kier molecular flexibility index (Phi) is 7.44. The summed E-state index contributed by atoms with van der Waals surface area (Å²) in [6.45, 7) is 0.125. The fraction of sp³-hybridized carbons (Fsp3) is 0.0435. The number of hydrogen-bond acceptors (Lipinski definition) is 6. The minimum absolute atomic E-state index is 0.00798. The highest BCUT2D eigenvalue weighted by Crippen LogP contribution is 2.31. The lowest BCUT2D eigenvalue weighted by atomic mass is 10.2. The van der Waals surface area contributed by atoms with E-state index in [0.29, 0.717) is 22.5 Å². The average molecular weight is 652 g/mol. The second kappa shape index (κ2) is 10.5. The molecule has 11 heteroatoms. The van der Waals surface area contributed by atoms with E-state index in [9.17, 15) is 14.9 Å². The van der Waals surface area contributed by atoms with Crippen LogP contribution in [0.1, 0.15) is 21.7 Å². The molecule has 3 aromatic carbocycles. The Bertz CT molecular complexity index is 1430. The molecule has 4 rings (SSSR count). The molecule has 0 unspecified atom stereocenters. The van der Waals surface area contributed by atoms with Crippen LogP contribution >= 0.6 is 47.8 Å². The first-order valence-electron chi connectivity index (χ1n) is 9.68. The Labute approximate surface area is 218 Å². The van der Waals surface area contributed by atoms with Gasteiger partial charge in [-0.3, -0.25) is 14.9 Å². The van der Waals surface area contributed by atoms with Gasteiger partial charge in [0.25, 0.3) is 5.69 Å². The maximum Gasteiger partial charge on any atom is 0.307 e. The zero-order chi connectivity index (χ0) is 24.2. The predicted molar refractivity (Wildman–Crippen MR) is 138 cm³/mol. The number of furan rings is 1. The maximum atomic E-state index is 12.5. The van der Waals surface area contributed by atoms with Crippen LogP contribution in [0.3, 0.4) is 0 Å². The Balaban J connectivity index is 1.47. The van der Waals surface area contributed by atoms with E-state index in [0.717, 1.165) is 18.8 Å². The minimum Gasteiger partial charge on any atom is -0.488 e. The summed E-state index contributed by atoms with van der Waals surface area (Å²) in [6.07, 6.45) is 1.45. The number of amides is 1. The molecule has 172 valence electrons. The van der Waals surface area contributed by atoms with Gasteiger partial charge in [-0.25, -0.2) is 5.43 Å². The van der Waals surface area contributed by atoms with E-state index in [1.54, 1.807) is 36.4 Å². The van der Waals surface area contributed by atoms with E-state index in [4.69, 9.17) is 9.15 Å². The van der Waals surface area contributed by atoms with Crippen LogP contribution < -0.4 is 10.2 Å². The number of nitro benzene ring substituents is 1. The summed E-state index contributed by atoms with van der Waals surface area (Å²) in [5.41, 5.74) is 4.24. The van der Waals surface area contributed by atoms with Gasteiger partial charge in [0.15, 0.2) is 5.76 Å². The van der Waals surface area contributed by atoms with Crippen molar-refractivity contribution >= 4 is 76.6 Å². The molecule has 0 fully saturated rings. The van der Waals surface area contributed by atoms with E-state index in [1.165, 1.54) is 18.3 Å². The lowest BCUT2D eigenvalue weighted by Gasteiger charge is -2.09. The Morgan fingerprint density at radius 1 is 1.09 bits per heavy atom. The van der Waals surface area contributed by atoms with Crippen LogP contribution in [0.15, 0.2) is 83.6 Å². The molecule has 0 aliphatic rings. The second-order valence-corrected chi connectivity index (χ2v) is 9.70. The number of rotatable bonds is 7. The normalized spacial score (nSPS) is 11.1. The van der Waals surface area contributed by atoms with Crippen molar-refractivity contribution in [2.24, 2.45) is 5.10 Å². The number of carbonyl (C=O) groups excluding carboxylic acids is 1. The molecule has 1 heterocycles. The summed E-state index contributed by atoms with van der Waals surface area (Å²) in [6, 6.07) is 16.8. The molecule has 1 amide bonds. The van der Waals surface area contributed by atoms with Crippen LogP contribution in [-0.2, 0) is 6.61 Å². The van der Waals surface area contributed by atoms with E-state index >= 15 is 0 Å². The number of non-ortho nitro benzene ring substituents is 1. The number of halogens is 3. The molecule has 34 heavy (non-hydrogen) atoms. The van der Waals surface area contributed by atoms with E-state index in [1.807, 2.05) is 12.1 Å². The van der Waals surface area contributed by atoms with Crippen molar-refractivity contribution < 1.29 is 18.9 Å². The zero-order valence-electron chi connectivity index (χ0n) is 17.1. The fourth-order valence-corrected chi connectivity index (χ4v) is 4.79. The third-order valence-corrected chi connectivity index (χ3v) is 6.16. The molecule has 1 N–H and O–H groups in total. The van der Waals surface area contributed by atoms with Crippen LogP contribution in [0.25, 0.3) is 11.0 Å². The summed E-state index contributed by atoms with van der Waals surface area (Å²) in [4.78, 5) is 23.0. The highest BCUT2D eigenvalue weighted by atomic mass is 79.9. The number of nitrogens with one attached hydrogen (secondary N) is 1. The van der Waals surface area contributed by atoms with Gasteiger partial charge in [-0.2, -0.15) is 5.10 Å². The second-order valence-electron chi connectivity index (χ2n) is 7.01. The molecule has 0 bridgehead atoms. The van der Waals surface area contributed by atoms with Gasteiger partial charge in [-0.15, -0.1) is 0 Å². The molecule has 0 atom stereocenters. The number of benzene rings is 3. The molecule has 0 saturated carbocycles. The van der Waals surface area contributed by atoms with Crippen molar-refractivity contribution in [2.45, 2.75) is 6.61 Å². The third-order valence-electron chi connectivity index (χ3n) is 4.62. The van der Waals surface area contributed by atoms with Gasteiger partial charge in [0.2, 0.25) is 0 Å². The van der Waals surface area contributed by atoms with E-state index in [-0.39, 0.29) is 18.1 Å². The first kappa shape index (κ1) is 24.1. The summed E-state index contributed by atoms with van der Waals surface area (Å²) in [5, 5.41) is 15.8. The highest BCUT2D eigenvalue weighted by molar-refractivity contribution is 9.11. The van der Waals surface area contributed by atoms with Crippen LogP contribution in [0.4, 0.5) is 5.69 Å². The van der Waals surface area contributed by atoms with Gasteiger partial charge in [-0.1, -0.05) is 44.0 Å². The van der Waals surface area contributed by atoms with Crippen molar-refractivity contribution in [3.63, 3.8) is 0 Å². The number of carbonyl (C=O) groups is 1. The van der Waals surface area contributed by atoms with E-state index < -0.39 is 10.8 Å². The van der Waals surface area contributed by atoms with Crippen molar-refractivity contribution in [3.05, 3.63) is 101 Å². The summed E-state index contributed by atoms with van der Waals surface area (Å²) in [5.74, 6) is 0.0945. The molecule has 0 saturated heterocycles. The SMILES string of the molecule is O=C(N/N=C\c1cc(Br)ccc1OCc1cccc([N+](=O)[O-])c1)c1cc2cc(Br)cc(Br)c2o1. The van der Waals surface area contributed by atoms with Crippen LogP contribution in [0, 0.1) is 10.1 Å². The lowest BCUT2D eigenvalue weighted by Crippen LogP contribution is -2.16. The zero-order valence-corrected chi connectivity index (χ0v) is 21.9. The quantitative estimate of drug-likeness (QED) is 0.132. The highest BCUT2D eigenvalue weighted by Gasteiger charge is 2.14. The molecular formula is C23H14Br3N3O5. The average Bonchev–Trinajstić information content (AvgIpc) is 3.23. The largest absolute Gasteiger partial charge is 0.488 e. The fourth-order valence-electron chi connectivity index (χ4n) is 3.08. The van der Waals surface area contributed by atoms with Crippen molar-refractivity contribution in [2.75, 3.05) is 0 Å². The molecule has 1 aromatic heterocycles. The van der Waals surface area contributed by atoms with Gasteiger partial charge in [-0.05, 0) is 57.9 Å². The lowest BCUT2D eigenvalue weighted by molar-refractivity contribution is -0.384. The van der Waals surface area contributed by atoms with Gasteiger partial charge >= 0.3 is 5.91 Å². The maximum absolute atomic E-state index is 12.5. The third kappa shape index (κ3) is 5.72. The van der Waals surface area contributed by atoms with Crippen molar-refractivity contribution in [3.8, 4) is 5.75 Å². The van der Waals surface area contributed by atoms with Gasteiger partial charge < -0.3 is 9.15 Å². The van der Waals surface area contributed by atoms with Crippen molar-refractivity contribution in [1.82, 2.24) is 5.43 Å². The van der Waals surface area contributed by atoms with Gasteiger partial charge in [0, 0.05) is 32.0 Å². The van der Waals surface area contributed by atoms with Crippen LogP contribution in [0.5, 0.6) is 5.75 Å². The molecular weight excluding hydrogens is 638 g/mol. The number of nitrogens with zero attached hydrogens (tertiary/aromatic N) is 2. The number of hydrazone groups is 1. The Hall–Kier alpha value is -3.02. The van der Waals surface area contributed by atoms with Crippen LogP contribution in [0.2, 0.25) is 0 Å². The molecule has 8 nitrogen and oxygen atoms in total. The van der Waals surface area contributed by atoms with Gasteiger partial charge in [0.1, 0.15) is 17.9 Å². The molecule has 0 aliphatic heterocycles. The monoisotopic (exact) mass is 649 g/mol. The van der Waals surface area contributed by atoms with E-state index in [2.05, 4.69) is 58.3 Å². The summed E-state index contributed by atoms with van der Waals surface area (Å²) < 4.78 is 13.8. The molecule has 0 radical (unpaired) electrons. The number of ether oxygens (including phenoxy) is 1. The number of nitro groups is 1. The number of fused-ring (bicyclic) bond motifs is 1. The topological polar surface area (TPSA) is 107 Å². The Morgan fingerprint density at radius 3 is 2.71 bits per heavy atom. The first-order valence-corrected chi connectivity index (χ1v) is 12.1. The summed E-state index contributed by atoms with van der Waals surface area (Å²) >= 11 is 10.2. The van der Waals surface area contributed by atoms with Gasteiger partial charge in [0.05, 0.1) is 15.6 Å². The van der Waals surface area contributed by atoms with Crippen LogP contribution in [-0.4, -0.2) is 17.0 Å². The standard InChI is InChI=1S/C23H14Br3N3O5/c24-16-4-5-20(33-12-13-2-1-3-18(6-13)29(31)32)15(8-16)11-27-28-23(30)21-9-14-7-17(25)10-19(26)22(14)34-21/h1-11H,12H2,(H,28,30)/b27-11-. The molecule has 4 aromatic rings. The van der Waals surface area contributed by atoms with Crippen molar-refractivity contribution in [1.29, 1.82) is 0 Å². The minimum atomic E-state index is -0.510. The smallest absolute Gasteiger partial charge is 0.307 e. The predicted octanol–water partition coefficient (Wildman–Crippen LogP) is 6.97. The summed E-state index contributed by atoms with van der Waals surface area (Å²) in [7, 11) is 0.